The highest BCUT2D eigenvalue weighted by atomic mass is 19.2. The number of rotatable bonds is 4. The van der Waals surface area contributed by atoms with E-state index in [1.54, 1.807) is 12.1 Å². The molecule has 5 aromatic rings. The molecule has 8 heteroatoms. The second kappa shape index (κ2) is 7.90. The molecule has 0 amide bonds. The summed E-state index contributed by atoms with van der Waals surface area (Å²) in [5.74, 6) is -1.11. The Bertz CT molecular complexity index is 1440. The monoisotopic (exact) mass is 442 g/mol. The highest BCUT2D eigenvalue weighted by Crippen LogP contribution is 2.40. The first-order chi connectivity index (χ1) is 16.2. The fourth-order valence-electron chi connectivity index (χ4n) is 4.86. The van der Waals surface area contributed by atoms with Crippen LogP contribution in [0.4, 0.5) is 8.78 Å². The summed E-state index contributed by atoms with van der Waals surface area (Å²) in [6.45, 7) is 0.997. The standard InChI is InChI=1S/C25H20F2N6/c26-20-9-4-7-17(22(20)27)14-33-12-11-19-18-8-1-2-10-21(18)28-23(19)24(33)15-5-3-6-16(13-15)25-29-31-32-30-25/h1-10,13,24,28H,11-12,14H2,(H,29,30,31,32). The number of halogens is 2. The molecule has 1 aliphatic rings. The molecule has 0 saturated heterocycles. The van der Waals surface area contributed by atoms with E-state index in [0.717, 1.165) is 34.8 Å². The van der Waals surface area contributed by atoms with E-state index in [1.165, 1.54) is 10.9 Å². The Balaban J connectivity index is 1.49. The Morgan fingerprint density at radius 3 is 2.76 bits per heavy atom. The van der Waals surface area contributed by atoms with Crippen LogP contribution in [0.25, 0.3) is 22.3 Å². The van der Waals surface area contributed by atoms with Crippen molar-refractivity contribution in [3.05, 3.63) is 101 Å². The number of para-hydroxylation sites is 1. The predicted octanol–water partition coefficient (Wildman–Crippen LogP) is 4.77. The molecule has 0 aliphatic carbocycles. The molecule has 0 saturated carbocycles. The topological polar surface area (TPSA) is 73.5 Å². The highest BCUT2D eigenvalue weighted by Gasteiger charge is 2.32. The molecule has 1 unspecified atom stereocenters. The van der Waals surface area contributed by atoms with Gasteiger partial charge in [-0.25, -0.2) is 8.78 Å². The third kappa shape index (κ3) is 3.39. The van der Waals surface area contributed by atoms with E-state index < -0.39 is 11.6 Å². The molecule has 3 aromatic carbocycles. The Kier molecular flexibility index (Phi) is 4.73. The summed E-state index contributed by atoms with van der Waals surface area (Å²) in [5, 5.41) is 15.6. The van der Waals surface area contributed by atoms with Gasteiger partial charge in [-0.05, 0) is 41.0 Å². The second-order valence-corrected chi connectivity index (χ2v) is 8.26. The SMILES string of the molecule is Fc1cccc(CN2CCc3c([nH]c4ccccc34)C2c2cccc(-c3nn[nH]n3)c2)c1F. The molecule has 0 spiro atoms. The van der Waals surface area contributed by atoms with E-state index in [9.17, 15) is 8.78 Å². The second-order valence-electron chi connectivity index (χ2n) is 8.26. The number of fused-ring (bicyclic) bond motifs is 3. The van der Waals surface area contributed by atoms with Crippen molar-refractivity contribution < 1.29 is 8.78 Å². The first-order valence-corrected chi connectivity index (χ1v) is 10.8. The van der Waals surface area contributed by atoms with Gasteiger partial charge in [0, 0.05) is 40.8 Å². The van der Waals surface area contributed by atoms with Gasteiger partial charge in [0.05, 0.1) is 6.04 Å². The van der Waals surface area contributed by atoms with Crippen LogP contribution in [0.15, 0.2) is 66.7 Å². The molecule has 3 heterocycles. The smallest absolute Gasteiger partial charge is 0.204 e. The third-order valence-electron chi connectivity index (χ3n) is 6.35. The summed E-state index contributed by atoms with van der Waals surface area (Å²) in [7, 11) is 0. The minimum atomic E-state index is -0.827. The molecule has 2 N–H and O–H groups in total. The van der Waals surface area contributed by atoms with Gasteiger partial charge in [0.1, 0.15) is 0 Å². The minimum Gasteiger partial charge on any atom is -0.357 e. The molecule has 33 heavy (non-hydrogen) atoms. The number of hydrogen-bond acceptors (Lipinski definition) is 4. The van der Waals surface area contributed by atoms with E-state index in [2.05, 4.69) is 42.6 Å². The molecule has 1 atom stereocenters. The summed E-state index contributed by atoms with van der Waals surface area (Å²) >= 11 is 0. The number of benzene rings is 3. The average molecular weight is 442 g/mol. The van der Waals surface area contributed by atoms with Crippen molar-refractivity contribution in [2.75, 3.05) is 6.54 Å². The zero-order chi connectivity index (χ0) is 22.4. The molecule has 1 aliphatic heterocycles. The lowest BCUT2D eigenvalue weighted by Gasteiger charge is -2.36. The Labute approximate surface area is 188 Å². The summed E-state index contributed by atoms with van der Waals surface area (Å²) in [6.07, 6.45) is 0.817. The van der Waals surface area contributed by atoms with E-state index in [-0.39, 0.29) is 12.6 Å². The lowest BCUT2D eigenvalue weighted by molar-refractivity contribution is 0.199. The van der Waals surface area contributed by atoms with Gasteiger partial charge in [-0.1, -0.05) is 48.5 Å². The Morgan fingerprint density at radius 2 is 1.88 bits per heavy atom. The number of aromatic nitrogens is 5. The lowest BCUT2D eigenvalue weighted by atomic mass is 9.91. The number of aromatic amines is 2. The number of hydrogen-bond donors (Lipinski definition) is 2. The van der Waals surface area contributed by atoms with E-state index in [1.807, 2.05) is 36.4 Å². The maximum atomic E-state index is 14.6. The van der Waals surface area contributed by atoms with Gasteiger partial charge in [-0.2, -0.15) is 5.21 Å². The first-order valence-electron chi connectivity index (χ1n) is 10.8. The van der Waals surface area contributed by atoms with E-state index in [4.69, 9.17) is 0 Å². The van der Waals surface area contributed by atoms with Gasteiger partial charge in [-0.15, -0.1) is 10.2 Å². The van der Waals surface area contributed by atoms with Crippen molar-refractivity contribution in [1.82, 2.24) is 30.5 Å². The summed E-state index contributed by atoms with van der Waals surface area (Å²) in [5.41, 5.74) is 5.60. The van der Waals surface area contributed by atoms with Crippen molar-refractivity contribution in [1.29, 1.82) is 0 Å². The minimum absolute atomic E-state index is 0.171. The third-order valence-corrected chi connectivity index (χ3v) is 6.35. The van der Waals surface area contributed by atoms with Crippen LogP contribution in [-0.4, -0.2) is 37.1 Å². The van der Waals surface area contributed by atoms with Crippen LogP contribution in [-0.2, 0) is 13.0 Å². The largest absolute Gasteiger partial charge is 0.357 e. The van der Waals surface area contributed by atoms with Crippen molar-refractivity contribution in [2.24, 2.45) is 0 Å². The van der Waals surface area contributed by atoms with Crippen molar-refractivity contribution >= 4 is 10.9 Å². The molecular weight excluding hydrogens is 422 g/mol. The van der Waals surface area contributed by atoms with Gasteiger partial charge in [0.15, 0.2) is 11.6 Å². The quantitative estimate of drug-likeness (QED) is 0.420. The molecule has 0 fully saturated rings. The van der Waals surface area contributed by atoms with Gasteiger partial charge in [0.25, 0.3) is 0 Å². The number of tetrazole rings is 1. The first kappa shape index (κ1) is 19.8. The molecule has 6 nitrogen and oxygen atoms in total. The van der Waals surface area contributed by atoms with Crippen LogP contribution in [0.2, 0.25) is 0 Å². The van der Waals surface area contributed by atoms with Gasteiger partial charge in [0.2, 0.25) is 5.82 Å². The molecule has 0 bridgehead atoms. The lowest BCUT2D eigenvalue weighted by Crippen LogP contribution is -2.36. The van der Waals surface area contributed by atoms with Crippen LogP contribution in [0.5, 0.6) is 0 Å². The van der Waals surface area contributed by atoms with Gasteiger partial charge >= 0.3 is 0 Å². The van der Waals surface area contributed by atoms with Gasteiger partial charge < -0.3 is 4.98 Å². The highest BCUT2D eigenvalue weighted by molar-refractivity contribution is 5.85. The van der Waals surface area contributed by atoms with Crippen LogP contribution < -0.4 is 0 Å². The Morgan fingerprint density at radius 1 is 1.00 bits per heavy atom. The molecular formula is C25H20F2N6. The number of H-pyrrole nitrogens is 2. The Hall–Kier alpha value is -3.91. The van der Waals surface area contributed by atoms with Crippen LogP contribution >= 0.6 is 0 Å². The predicted molar refractivity (Wildman–Crippen MR) is 120 cm³/mol. The van der Waals surface area contributed by atoms with Crippen molar-refractivity contribution in [2.45, 2.75) is 19.0 Å². The van der Waals surface area contributed by atoms with Crippen LogP contribution in [0.3, 0.4) is 0 Å². The van der Waals surface area contributed by atoms with Crippen molar-refractivity contribution in [3.63, 3.8) is 0 Å². The fourth-order valence-corrected chi connectivity index (χ4v) is 4.86. The molecule has 6 rings (SSSR count). The maximum Gasteiger partial charge on any atom is 0.204 e. The zero-order valence-corrected chi connectivity index (χ0v) is 17.6. The molecule has 0 radical (unpaired) electrons. The van der Waals surface area contributed by atoms with E-state index >= 15 is 0 Å². The summed E-state index contributed by atoms with van der Waals surface area (Å²) < 4.78 is 28.5. The van der Waals surface area contributed by atoms with Crippen LogP contribution in [0.1, 0.15) is 28.4 Å². The summed E-state index contributed by atoms with van der Waals surface area (Å²) in [6, 6.07) is 20.4. The van der Waals surface area contributed by atoms with E-state index in [0.29, 0.717) is 17.9 Å². The molecule has 164 valence electrons. The fraction of sp³-hybridized carbons (Fsp3) is 0.160. The van der Waals surface area contributed by atoms with Crippen LogP contribution in [0, 0.1) is 11.6 Å². The summed E-state index contributed by atoms with van der Waals surface area (Å²) in [4.78, 5) is 5.79. The normalized spacial score (nSPS) is 16.2. The average Bonchev–Trinajstić information content (AvgIpc) is 3.50. The maximum absolute atomic E-state index is 14.6. The van der Waals surface area contributed by atoms with Gasteiger partial charge in [-0.3, -0.25) is 4.90 Å². The zero-order valence-electron chi connectivity index (χ0n) is 17.6. The van der Waals surface area contributed by atoms with Crippen molar-refractivity contribution in [3.8, 4) is 11.4 Å². The molecule has 2 aromatic heterocycles. The number of nitrogens with zero attached hydrogens (tertiary/aromatic N) is 4. The number of nitrogens with one attached hydrogen (secondary N) is 2.